The molecule has 0 fully saturated rings. The lowest BCUT2D eigenvalue weighted by Crippen LogP contribution is -2.12. The lowest BCUT2D eigenvalue weighted by Gasteiger charge is -2.15. The Bertz CT molecular complexity index is 393. The van der Waals surface area contributed by atoms with Crippen LogP contribution >= 0.6 is 0 Å². The predicted molar refractivity (Wildman–Crippen MR) is 51.2 cm³/mol. The second-order valence-corrected chi connectivity index (χ2v) is 2.99. The first-order valence-electron chi connectivity index (χ1n) is 4.32. The van der Waals surface area contributed by atoms with Gasteiger partial charge in [-0.2, -0.15) is 0 Å². The van der Waals surface area contributed by atoms with Gasteiger partial charge in [-0.05, 0) is 17.2 Å². The summed E-state index contributed by atoms with van der Waals surface area (Å²) in [4.78, 5) is 11.2. The molecular formula is C11H10O3. The van der Waals surface area contributed by atoms with Gasteiger partial charge in [0.2, 0.25) is 5.76 Å². The molecule has 0 amide bonds. The van der Waals surface area contributed by atoms with Crippen molar-refractivity contribution >= 4 is 12.0 Å². The Morgan fingerprint density at radius 2 is 2.21 bits per heavy atom. The molecule has 2 rings (SSSR count). The average molecular weight is 190 g/mol. The average Bonchev–Trinajstić information content (AvgIpc) is 2.27. The van der Waals surface area contributed by atoms with Gasteiger partial charge >= 0.3 is 5.97 Å². The predicted octanol–water partition coefficient (Wildman–Crippen LogP) is 1.73. The fourth-order valence-corrected chi connectivity index (χ4v) is 1.36. The summed E-state index contributed by atoms with van der Waals surface area (Å²) in [7, 11) is 1.34. The Morgan fingerprint density at radius 3 is 3.00 bits per heavy atom. The van der Waals surface area contributed by atoms with Gasteiger partial charge in [0.05, 0.1) is 7.11 Å². The Labute approximate surface area is 81.9 Å². The highest BCUT2D eigenvalue weighted by Crippen LogP contribution is 2.21. The molecule has 1 aromatic rings. The lowest BCUT2D eigenvalue weighted by molar-refractivity contribution is -0.140. The lowest BCUT2D eigenvalue weighted by atomic mass is 10.1. The number of rotatable bonds is 1. The second kappa shape index (κ2) is 3.54. The van der Waals surface area contributed by atoms with Crippen molar-refractivity contribution in [2.24, 2.45) is 0 Å². The van der Waals surface area contributed by atoms with Crippen molar-refractivity contribution < 1.29 is 14.3 Å². The van der Waals surface area contributed by atoms with E-state index in [1.54, 1.807) is 6.08 Å². The van der Waals surface area contributed by atoms with Gasteiger partial charge in [0.1, 0.15) is 6.61 Å². The SMILES string of the molecule is COC(=O)C1=Cc2ccccc2CO1. The van der Waals surface area contributed by atoms with Crippen molar-refractivity contribution in [2.45, 2.75) is 6.61 Å². The van der Waals surface area contributed by atoms with E-state index in [4.69, 9.17) is 4.74 Å². The third-order valence-corrected chi connectivity index (χ3v) is 2.11. The number of ether oxygens (including phenoxy) is 2. The van der Waals surface area contributed by atoms with E-state index in [1.165, 1.54) is 7.11 Å². The van der Waals surface area contributed by atoms with Crippen LogP contribution in [0.2, 0.25) is 0 Å². The van der Waals surface area contributed by atoms with Crippen LogP contribution in [-0.2, 0) is 20.9 Å². The number of hydrogen-bond acceptors (Lipinski definition) is 3. The smallest absolute Gasteiger partial charge is 0.373 e. The zero-order valence-electron chi connectivity index (χ0n) is 7.82. The van der Waals surface area contributed by atoms with Gasteiger partial charge in [0, 0.05) is 0 Å². The third-order valence-electron chi connectivity index (χ3n) is 2.11. The summed E-state index contributed by atoms with van der Waals surface area (Å²) in [5.74, 6) is -0.161. The zero-order valence-corrected chi connectivity index (χ0v) is 7.82. The van der Waals surface area contributed by atoms with Gasteiger partial charge in [-0.1, -0.05) is 24.3 Å². The van der Waals surface area contributed by atoms with E-state index >= 15 is 0 Å². The summed E-state index contributed by atoms with van der Waals surface area (Å²) in [5, 5.41) is 0. The molecule has 0 spiro atoms. The topological polar surface area (TPSA) is 35.5 Å². The Hall–Kier alpha value is -1.77. The van der Waals surface area contributed by atoms with Gasteiger partial charge in [-0.15, -0.1) is 0 Å². The van der Waals surface area contributed by atoms with Crippen molar-refractivity contribution in [3.05, 3.63) is 41.2 Å². The molecule has 0 unspecified atom stereocenters. The summed E-state index contributed by atoms with van der Waals surface area (Å²) >= 11 is 0. The highest BCUT2D eigenvalue weighted by molar-refractivity contribution is 5.92. The standard InChI is InChI=1S/C11H10O3/c1-13-11(12)10-6-8-4-2-3-5-9(8)7-14-10/h2-6H,7H2,1H3. The molecule has 0 aliphatic carbocycles. The second-order valence-electron chi connectivity index (χ2n) is 2.99. The van der Waals surface area contributed by atoms with Gasteiger partial charge in [-0.3, -0.25) is 0 Å². The van der Waals surface area contributed by atoms with Crippen LogP contribution in [0.25, 0.3) is 6.08 Å². The molecule has 1 aliphatic rings. The molecule has 0 saturated heterocycles. The van der Waals surface area contributed by atoms with Crippen molar-refractivity contribution in [3.63, 3.8) is 0 Å². The maximum atomic E-state index is 11.2. The first-order chi connectivity index (χ1) is 6.81. The Balaban J connectivity index is 2.36. The summed E-state index contributed by atoms with van der Waals surface area (Å²) in [6, 6.07) is 7.79. The molecule has 0 aromatic heterocycles. The van der Waals surface area contributed by atoms with Crippen LogP contribution in [-0.4, -0.2) is 13.1 Å². The molecule has 3 nitrogen and oxygen atoms in total. The van der Waals surface area contributed by atoms with Gasteiger partial charge < -0.3 is 9.47 Å². The molecule has 0 N–H and O–H groups in total. The van der Waals surface area contributed by atoms with E-state index in [0.717, 1.165) is 11.1 Å². The number of methoxy groups -OCH3 is 1. The summed E-state index contributed by atoms with van der Waals surface area (Å²) < 4.78 is 9.82. The number of benzene rings is 1. The van der Waals surface area contributed by atoms with Crippen LogP contribution in [0.4, 0.5) is 0 Å². The van der Waals surface area contributed by atoms with Gasteiger partial charge in [-0.25, -0.2) is 4.79 Å². The maximum absolute atomic E-state index is 11.2. The van der Waals surface area contributed by atoms with E-state index < -0.39 is 5.97 Å². The fourth-order valence-electron chi connectivity index (χ4n) is 1.36. The number of hydrogen-bond donors (Lipinski definition) is 0. The van der Waals surface area contributed by atoms with Gasteiger partial charge in [0.15, 0.2) is 0 Å². The molecule has 0 atom stereocenters. The summed E-state index contributed by atoms with van der Waals surface area (Å²) in [6.07, 6.45) is 1.70. The molecular weight excluding hydrogens is 180 g/mol. The molecule has 1 aliphatic heterocycles. The minimum Gasteiger partial charge on any atom is -0.482 e. The molecule has 3 heteroatoms. The monoisotopic (exact) mass is 190 g/mol. The van der Waals surface area contributed by atoms with E-state index in [1.807, 2.05) is 24.3 Å². The van der Waals surface area contributed by atoms with Crippen LogP contribution in [0.5, 0.6) is 0 Å². The van der Waals surface area contributed by atoms with Crippen molar-refractivity contribution in [2.75, 3.05) is 7.11 Å². The van der Waals surface area contributed by atoms with E-state index in [9.17, 15) is 4.79 Å². The van der Waals surface area contributed by atoms with Crippen LogP contribution in [0.3, 0.4) is 0 Å². The number of esters is 1. The maximum Gasteiger partial charge on any atom is 0.373 e. The van der Waals surface area contributed by atoms with Crippen LogP contribution < -0.4 is 0 Å². The zero-order chi connectivity index (χ0) is 9.97. The first kappa shape index (κ1) is 8.81. The van der Waals surface area contributed by atoms with E-state index in [-0.39, 0.29) is 5.76 Å². The van der Waals surface area contributed by atoms with Crippen LogP contribution in [0.1, 0.15) is 11.1 Å². The minimum atomic E-state index is -0.431. The van der Waals surface area contributed by atoms with Crippen molar-refractivity contribution in [3.8, 4) is 0 Å². The molecule has 0 bridgehead atoms. The first-order valence-corrected chi connectivity index (χ1v) is 4.32. The molecule has 1 heterocycles. The molecule has 0 radical (unpaired) electrons. The normalized spacial score (nSPS) is 13.6. The third kappa shape index (κ3) is 1.48. The summed E-state index contributed by atoms with van der Waals surface area (Å²) in [5.41, 5.74) is 2.10. The van der Waals surface area contributed by atoms with E-state index in [2.05, 4.69) is 4.74 Å². The number of carbonyl (C=O) groups excluding carboxylic acids is 1. The quantitative estimate of drug-likeness (QED) is 0.632. The highest BCUT2D eigenvalue weighted by atomic mass is 16.6. The molecule has 14 heavy (non-hydrogen) atoms. The van der Waals surface area contributed by atoms with E-state index in [0.29, 0.717) is 6.61 Å². The van der Waals surface area contributed by atoms with Crippen molar-refractivity contribution in [1.82, 2.24) is 0 Å². The molecule has 72 valence electrons. The fraction of sp³-hybridized carbons (Fsp3) is 0.182. The summed E-state index contributed by atoms with van der Waals surface area (Å²) in [6.45, 7) is 0.428. The minimum absolute atomic E-state index is 0.270. The molecule has 0 saturated carbocycles. The number of carbonyl (C=O) groups is 1. The largest absolute Gasteiger partial charge is 0.482 e. The van der Waals surface area contributed by atoms with Gasteiger partial charge in [0.25, 0.3) is 0 Å². The molecule has 1 aromatic carbocycles. The van der Waals surface area contributed by atoms with Crippen molar-refractivity contribution in [1.29, 1.82) is 0 Å². The van der Waals surface area contributed by atoms with Crippen LogP contribution in [0.15, 0.2) is 30.0 Å². The number of fused-ring (bicyclic) bond motifs is 1. The Morgan fingerprint density at radius 1 is 1.43 bits per heavy atom. The van der Waals surface area contributed by atoms with Crippen LogP contribution in [0, 0.1) is 0 Å². The highest BCUT2D eigenvalue weighted by Gasteiger charge is 2.17. The Kier molecular flexibility index (Phi) is 2.23.